The molecule has 0 aromatic carbocycles. The summed E-state index contributed by atoms with van der Waals surface area (Å²) in [6, 6.07) is 0. The second-order valence-electron chi connectivity index (χ2n) is 4.89. The molecule has 0 aromatic heterocycles. The van der Waals surface area contributed by atoms with Gasteiger partial charge in [-0.15, -0.1) is 0 Å². The van der Waals surface area contributed by atoms with E-state index >= 15 is 0 Å². The Hall–Kier alpha value is -0.230. The monoisotopic (exact) mass is 269 g/mol. The maximum absolute atomic E-state index is 13.1. The molecule has 1 saturated carbocycles. The molecule has 0 heterocycles. The van der Waals surface area contributed by atoms with Gasteiger partial charge < -0.3 is 5.32 Å². The normalized spacial score (nSPS) is 24.8. The summed E-state index contributed by atoms with van der Waals surface area (Å²) in [7, 11) is -1.42. The third-order valence-electron chi connectivity index (χ3n) is 3.11. The van der Waals surface area contributed by atoms with Gasteiger partial charge in [0.25, 0.3) is 0 Å². The maximum atomic E-state index is 13.1. The highest BCUT2D eigenvalue weighted by Crippen LogP contribution is 2.37. The van der Waals surface area contributed by atoms with Gasteiger partial charge in [0.05, 0.1) is 11.5 Å². The summed E-state index contributed by atoms with van der Waals surface area (Å²) in [5.74, 6) is -3.01. The molecule has 1 unspecified atom stereocenters. The van der Waals surface area contributed by atoms with Gasteiger partial charge in [-0.3, -0.25) is 0 Å². The molecular formula is C11H21F2NO2S. The fraction of sp³-hybridized carbons (Fsp3) is 1.00. The van der Waals surface area contributed by atoms with Gasteiger partial charge in [-0.05, 0) is 38.8 Å². The van der Waals surface area contributed by atoms with Gasteiger partial charge in [-0.25, -0.2) is 17.2 Å². The van der Waals surface area contributed by atoms with Gasteiger partial charge >= 0.3 is 0 Å². The van der Waals surface area contributed by atoms with E-state index in [0.717, 1.165) is 0 Å². The predicted octanol–water partition coefficient (Wildman–Crippen LogP) is 1.84. The van der Waals surface area contributed by atoms with E-state index in [-0.39, 0.29) is 30.3 Å². The van der Waals surface area contributed by atoms with Crippen LogP contribution in [0.3, 0.4) is 0 Å². The molecule has 0 aromatic rings. The van der Waals surface area contributed by atoms with Crippen molar-refractivity contribution in [3.63, 3.8) is 0 Å². The van der Waals surface area contributed by atoms with E-state index in [1.807, 2.05) is 0 Å². The van der Waals surface area contributed by atoms with E-state index in [0.29, 0.717) is 25.8 Å². The van der Waals surface area contributed by atoms with Crippen LogP contribution in [0.15, 0.2) is 0 Å². The number of hydrogen-bond donors (Lipinski definition) is 1. The fourth-order valence-electron chi connectivity index (χ4n) is 2.33. The molecule has 1 aliphatic rings. The van der Waals surface area contributed by atoms with Gasteiger partial charge in [0, 0.05) is 12.8 Å². The largest absolute Gasteiger partial charge is 0.320 e. The topological polar surface area (TPSA) is 46.2 Å². The molecule has 0 saturated heterocycles. The van der Waals surface area contributed by atoms with Crippen molar-refractivity contribution >= 4 is 9.84 Å². The van der Waals surface area contributed by atoms with E-state index in [4.69, 9.17) is 0 Å². The van der Waals surface area contributed by atoms with E-state index in [9.17, 15) is 17.2 Å². The van der Waals surface area contributed by atoms with Crippen LogP contribution in [-0.2, 0) is 9.84 Å². The first-order chi connectivity index (χ1) is 7.85. The number of alkyl halides is 2. The zero-order chi connectivity index (χ0) is 12.9. The summed E-state index contributed by atoms with van der Waals surface area (Å²) < 4.78 is 49.7. The second-order valence-corrected chi connectivity index (χ2v) is 7.12. The van der Waals surface area contributed by atoms with Gasteiger partial charge in [0.15, 0.2) is 9.84 Å². The number of hydrogen-bond acceptors (Lipinski definition) is 3. The Morgan fingerprint density at radius 3 is 2.71 bits per heavy atom. The summed E-state index contributed by atoms with van der Waals surface area (Å²) in [6.07, 6.45) is 1.23. The van der Waals surface area contributed by atoms with E-state index in [2.05, 4.69) is 5.32 Å². The van der Waals surface area contributed by atoms with Crippen LogP contribution in [0.5, 0.6) is 0 Å². The first kappa shape index (κ1) is 14.8. The zero-order valence-corrected chi connectivity index (χ0v) is 11.0. The third-order valence-corrected chi connectivity index (χ3v) is 5.00. The molecular weight excluding hydrogens is 248 g/mol. The SMILES string of the molecule is CNCCCS(=O)(=O)CC1CCCC(F)(F)C1. The van der Waals surface area contributed by atoms with Crippen molar-refractivity contribution < 1.29 is 17.2 Å². The van der Waals surface area contributed by atoms with Crippen molar-refractivity contribution in [1.29, 1.82) is 0 Å². The van der Waals surface area contributed by atoms with Gasteiger partial charge in [-0.2, -0.15) is 0 Å². The third kappa shape index (κ3) is 5.77. The molecule has 102 valence electrons. The van der Waals surface area contributed by atoms with Crippen LogP contribution in [0.2, 0.25) is 0 Å². The average molecular weight is 269 g/mol. The highest BCUT2D eigenvalue weighted by atomic mass is 32.2. The molecule has 1 N–H and O–H groups in total. The molecule has 0 radical (unpaired) electrons. The van der Waals surface area contributed by atoms with Gasteiger partial charge in [-0.1, -0.05) is 0 Å². The Bertz CT molecular complexity index is 330. The van der Waals surface area contributed by atoms with Crippen molar-refractivity contribution in [2.24, 2.45) is 5.92 Å². The molecule has 6 heteroatoms. The molecule has 0 spiro atoms. The molecule has 0 bridgehead atoms. The van der Waals surface area contributed by atoms with Gasteiger partial charge in [0.2, 0.25) is 5.92 Å². The number of nitrogens with one attached hydrogen (secondary N) is 1. The number of halogens is 2. The Labute approximate surface area is 102 Å². The van der Waals surface area contributed by atoms with Crippen molar-refractivity contribution in [2.45, 2.75) is 38.0 Å². The Morgan fingerprint density at radius 1 is 1.41 bits per heavy atom. The standard InChI is InChI=1S/C11H21F2NO2S/c1-14-6-3-7-17(15,16)9-10-4-2-5-11(12,13)8-10/h10,14H,2-9H2,1H3. The number of sulfone groups is 1. The maximum Gasteiger partial charge on any atom is 0.248 e. The minimum Gasteiger partial charge on any atom is -0.320 e. The molecule has 0 aliphatic heterocycles. The quantitative estimate of drug-likeness (QED) is 0.748. The predicted molar refractivity (Wildman–Crippen MR) is 64.1 cm³/mol. The summed E-state index contributed by atoms with van der Waals surface area (Å²) in [6.45, 7) is 0.639. The molecule has 1 fully saturated rings. The fourth-order valence-corrected chi connectivity index (χ4v) is 4.08. The highest BCUT2D eigenvalue weighted by molar-refractivity contribution is 7.91. The highest BCUT2D eigenvalue weighted by Gasteiger charge is 2.37. The molecule has 3 nitrogen and oxygen atoms in total. The van der Waals surface area contributed by atoms with Crippen LogP contribution in [0.25, 0.3) is 0 Å². The minimum atomic E-state index is -3.18. The van der Waals surface area contributed by atoms with Crippen molar-refractivity contribution in [3.05, 3.63) is 0 Å². The minimum absolute atomic E-state index is 0.0771. The van der Waals surface area contributed by atoms with Crippen LogP contribution >= 0.6 is 0 Å². The Morgan fingerprint density at radius 2 is 2.12 bits per heavy atom. The first-order valence-corrected chi connectivity index (χ1v) is 7.90. The van der Waals surface area contributed by atoms with E-state index in [1.165, 1.54) is 0 Å². The molecule has 1 aliphatic carbocycles. The summed E-state index contributed by atoms with van der Waals surface area (Å²) in [4.78, 5) is 0. The van der Waals surface area contributed by atoms with Gasteiger partial charge in [0.1, 0.15) is 0 Å². The lowest BCUT2D eigenvalue weighted by Gasteiger charge is -2.28. The molecule has 17 heavy (non-hydrogen) atoms. The second kappa shape index (κ2) is 6.09. The first-order valence-electron chi connectivity index (χ1n) is 6.07. The van der Waals surface area contributed by atoms with Crippen LogP contribution < -0.4 is 5.32 Å². The lowest BCUT2D eigenvalue weighted by molar-refractivity contribution is -0.0489. The van der Waals surface area contributed by atoms with Crippen molar-refractivity contribution in [1.82, 2.24) is 5.32 Å². The lowest BCUT2D eigenvalue weighted by Crippen LogP contribution is -2.31. The van der Waals surface area contributed by atoms with E-state index in [1.54, 1.807) is 7.05 Å². The average Bonchev–Trinajstić information content (AvgIpc) is 2.15. The smallest absolute Gasteiger partial charge is 0.248 e. The molecule has 1 atom stereocenters. The van der Waals surface area contributed by atoms with E-state index < -0.39 is 15.8 Å². The van der Waals surface area contributed by atoms with Crippen LogP contribution in [0, 0.1) is 5.92 Å². The number of rotatable bonds is 6. The van der Waals surface area contributed by atoms with Crippen LogP contribution in [-0.4, -0.2) is 39.4 Å². The summed E-state index contributed by atoms with van der Waals surface area (Å²) in [5, 5.41) is 2.87. The molecule has 0 amide bonds. The molecule has 1 rings (SSSR count). The Balaban J connectivity index is 2.41. The Kier molecular flexibility index (Phi) is 5.31. The van der Waals surface area contributed by atoms with Crippen molar-refractivity contribution in [3.8, 4) is 0 Å². The lowest BCUT2D eigenvalue weighted by atomic mass is 9.88. The van der Waals surface area contributed by atoms with Crippen molar-refractivity contribution in [2.75, 3.05) is 25.1 Å². The summed E-state index contributed by atoms with van der Waals surface area (Å²) >= 11 is 0. The van der Waals surface area contributed by atoms with Crippen LogP contribution in [0.1, 0.15) is 32.1 Å². The summed E-state index contributed by atoms with van der Waals surface area (Å²) in [5.41, 5.74) is 0. The van der Waals surface area contributed by atoms with Crippen LogP contribution in [0.4, 0.5) is 8.78 Å². The zero-order valence-electron chi connectivity index (χ0n) is 10.2.